The van der Waals surface area contributed by atoms with Crippen molar-refractivity contribution in [2.45, 2.75) is 25.4 Å². The Hall–Kier alpha value is -4.05. The molecule has 36 heavy (non-hydrogen) atoms. The molecule has 1 aliphatic rings. The van der Waals surface area contributed by atoms with Crippen LogP contribution in [-0.2, 0) is 25.7 Å². The zero-order valence-electron chi connectivity index (χ0n) is 19.4. The third kappa shape index (κ3) is 6.33. The summed E-state index contributed by atoms with van der Waals surface area (Å²) in [6, 6.07) is 17.2. The number of Topliss-reactive ketones (excluding diaryl/α,β-unsaturated/α-hetero) is 1. The summed E-state index contributed by atoms with van der Waals surface area (Å²) in [4.78, 5) is 63.1. The number of benzene rings is 2. The van der Waals surface area contributed by atoms with Crippen LogP contribution in [0.2, 0.25) is 0 Å². The van der Waals surface area contributed by atoms with Crippen molar-refractivity contribution in [1.29, 1.82) is 0 Å². The molecule has 1 fully saturated rings. The van der Waals surface area contributed by atoms with E-state index in [1.165, 1.54) is 11.3 Å². The number of hydrogen-bond acceptors (Lipinski definition) is 6. The summed E-state index contributed by atoms with van der Waals surface area (Å²) in [6.07, 6.45) is 0.506. The molecule has 1 aliphatic heterocycles. The fourth-order valence-electron chi connectivity index (χ4n) is 4.00. The van der Waals surface area contributed by atoms with Crippen LogP contribution in [0.25, 0.3) is 10.1 Å². The Kier molecular flexibility index (Phi) is 8.06. The largest absolute Gasteiger partial charge is 0.356 e. The van der Waals surface area contributed by atoms with Gasteiger partial charge in [0, 0.05) is 23.7 Å². The number of thiophene rings is 1. The monoisotopic (exact) mass is 506 g/mol. The maximum Gasteiger partial charge on any atom is 0.289 e. The fraction of sp³-hybridized carbons (Fsp3) is 0.269. The maximum atomic E-state index is 12.9. The Bertz CT molecular complexity index is 1260. The molecule has 3 aromatic rings. The highest BCUT2D eigenvalue weighted by Gasteiger charge is 2.34. The highest BCUT2D eigenvalue weighted by atomic mass is 32.1. The molecule has 4 N–H and O–H groups in total. The molecule has 9 nitrogen and oxygen atoms in total. The first kappa shape index (κ1) is 25.1. The number of ketones is 1. The summed E-state index contributed by atoms with van der Waals surface area (Å²) in [6.45, 7) is 0.254. The lowest BCUT2D eigenvalue weighted by Crippen LogP contribution is -2.50. The zero-order chi connectivity index (χ0) is 25.5. The van der Waals surface area contributed by atoms with E-state index in [0.717, 1.165) is 15.6 Å². The molecule has 10 heteroatoms. The Morgan fingerprint density at radius 2 is 1.75 bits per heavy atom. The smallest absolute Gasteiger partial charge is 0.289 e. The van der Waals surface area contributed by atoms with Gasteiger partial charge in [-0.25, -0.2) is 0 Å². The Labute approximate surface area is 211 Å². The predicted octanol–water partition coefficient (Wildman–Crippen LogP) is 1.53. The van der Waals surface area contributed by atoms with Gasteiger partial charge in [-0.05, 0) is 35.9 Å². The Morgan fingerprint density at radius 3 is 2.47 bits per heavy atom. The Balaban J connectivity index is 1.36. The van der Waals surface area contributed by atoms with Gasteiger partial charge in [0.15, 0.2) is 0 Å². The number of carbonyl (C=O) groups is 5. The summed E-state index contributed by atoms with van der Waals surface area (Å²) in [7, 11) is 0. The summed E-state index contributed by atoms with van der Waals surface area (Å²) in [5, 5.41) is 11.3. The van der Waals surface area contributed by atoms with Gasteiger partial charge in [0.2, 0.25) is 17.6 Å². The Morgan fingerprint density at radius 1 is 1.00 bits per heavy atom. The van der Waals surface area contributed by atoms with Crippen molar-refractivity contribution in [3.8, 4) is 0 Å². The quantitative estimate of drug-likeness (QED) is 0.310. The summed E-state index contributed by atoms with van der Waals surface area (Å²) >= 11 is 1.31. The molecule has 186 valence electrons. The molecule has 1 saturated heterocycles. The first-order chi connectivity index (χ1) is 17.4. The number of rotatable bonds is 10. The van der Waals surface area contributed by atoms with Crippen LogP contribution in [0, 0.1) is 5.92 Å². The predicted molar refractivity (Wildman–Crippen MR) is 135 cm³/mol. The van der Waals surface area contributed by atoms with Gasteiger partial charge in [0.05, 0.1) is 17.5 Å². The van der Waals surface area contributed by atoms with E-state index in [1.54, 1.807) is 6.07 Å². The highest BCUT2D eigenvalue weighted by Crippen LogP contribution is 2.25. The van der Waals surface area contributed by atoms with Gasteiger partial charge in [-0.15, -0.1) is 11.3 Å². The molecule has 0 saturated carbocycles. The van der Waals surface area contributed by atoms with Crippen LogP contribution < -0.4 is 21.3 Å². The van der Waals surface area contributed by atoms with E-state index in [1.807, 2.05) is 54.6 Å². The summed E-state index contributed by atoms with van der Waals surface area (Å²) in [5.74, 6) is -3.44. The number of hydrogen-bond donors (Lipinski definition) is 4. The van der Waals surface area contributed by atoms with E-state index in [0.29, 0.717) is 17.8 Å². The first-order valence-corrected chi connectivity index (χ1v) is 12.4. The maximum absolute atomic E-state index is 12.9. The molecule has 0 unspecified atom stereocenters. The third-order valence-corrected chi connectivity index (χ3v) is 7.03. The van der Waals surface area contributed by atoms with Crippen LogP contribution in [0.1, 0.15) is 28.1 Å². The van der Waals surface area contributed by atoms with Crippen LogP contribution in [0.3, 0.4) is 0 Å². The van der Waals surface area contributed by atoms with Crippen LogP contribution >= 0.6 is 11.3 Å². The van der Waals surface area contributed by atoms with Crippen molar-refractivity contribution >= 4 is 50.8 Å². The fourth-order valence-corrected chi connectivity index (χ4v) is 4.98. The summed E-state index contributed by atoms with van der Waals surface area (Å²) < 4.78 is 0.953. The van der Waals surface area contributed by atoms with Gasteiger partial charge >= 0.3 is 0 Å². The zero-order valence-corrected chi connectivity index (χ0v) is 20.2. The van der Waals surface area contributed by atoms with E-state index in [-0.39, 0.29) is 25.4 Å². The number of carbonyl (C=O) groups excluding carboxylic acids is 5. The molecule has 1 aromatic heterocycles. The van der Waals surface area contributed by atoms with Crippen LogP contribution in [0.15, 0.2) is 60.7 Å². The van der Waals surface area contributed by atoms with Crippen molar-refractivity contribution in [3.63, 3.8) is 0 Å². The minimum absolute atomic E-state index is 0.000571. The van der Waals surface area contributed by atoms with E-state index >= 15 is 0 Å². The van der Waals surface area contributed by atoms with Crippen molar-refractivity contribution in [3.05, 3.63) is 71.1 Å². The SMILES string of the molecule is O=C(CNC(=O)c1cc2ccccc2s1)N[C@@H](C[C@@H]1CCNC1=O)C(=O)C(=O)NCc1ccccc1. The normalized spacial score (nSPS) is 15.7. The summed E-state index contributed by atoms with van der Waals surface area (Å²) in [5.41, 5.74) is 0.818. The number of amides is 4. The average Bonchev–Trinajstić information content (AvgIpc) is 3.51. The molecule has 2 atom stereocenters. The molecular formula is C26H26N4O5S. The standard InChI is InChI=1S/C26H26N4O5S/c31-22(15-29-25(34)21-13-17-8-4-5-9-20(17)36-21)30-19(12-18-10-11-27-24(18)33)23(32)26(35)28-14-16-6-2-1-3-7-16/h1-9,13,18-19H,10-12,14-15H2,(H,27,33)(H,28,35)(H,29,34)(H,30,31)/t18-,19-/m0/s1. The van der Waals surface area contributed by atoms with Crippen molar-refractivity contribution < 1.29 is 24.0 Å². The van der Waals surface area contributed by atoms with Gasteiger partial charge in [0.1, 0.15) is 0 Å². The second-order valence-corrected chi connectivity index (χ2v) is 9.58. The van der Waals surface area contributed by atoms with E-state index in [2.05, 4.69) is 21.3 Å². The van der Waals surface area contributed by atoms with Crippen LogP contribution in [-0.4, -0.2) is 48.5 Å². The number of nitrogens with one attached hydrogen (secondary N) is 4. The molecule has 0 radical (unpaired) electrons. The van der Waals surface area contributed by atoms with Crippen LogP contribution in [0.5, 0.6) is 0 Å². The van der Waals surface area contributed by atoms with E-state index in [4.69, 9.17) is 0 Å². The highest BCUT2D eigenvalue weighted by molar-refractivity contribution is 7.20. The first-order valence-electron chi connectivity index (χ1n) is 11.6. The molecule has 2 aromatic carbocycles. The van der Waals surface area contributed by atoms with E-state index < -0.39 is 35.5 Å². The molecule has 0 bridgehead atoms. The molecule has 0 aliphatic carbocycles. The van der Waals surface area contributed by atoms with Gasteiger partial charge in [0.25, 0.3) is 11.8 Å². The second kappa shape index (κ2) is 11.6. The third-order valence-electron chi connectivity index (χ3n) is 5.91. The number of fused-ring (bicyclic) bond motifs is 1. The molecule has 2 heterocycles. The topological polar surface area (TPSA) is 133 Å². The van der Waals surface area contributed by atoms with Crippen molar-refractivity contribution in [1.82, 2.24) is 21.3 Å². The molecular weight excluding hydrogens is 480 g/mol. The minimum Gasteiger partial charge on any atom is -0.356 e. The molecule has 4 rings (SSSR count). The van der Waals surface area contributed by atoms with Gasteiger partial charge in [-0.1, -0.05) is 48.5 Å². The van der Waals surface area contributed by atoms with Gasteiger partial charge < -0.3 is 21.3 Å². The van der Waals surface area contributed by atoms with E-state index in [9.17, 15) is 24.0 Å². The second-order valence-electron chi connectivity index (χ2n) is 8.50. The lowest BCUT2D eigenvalue weighted by atomic mass is 9.95. The van der Waals surface area contributed by atoms with Crippen LogP contribution in [0.4, 0.5) is 0 Å². The van der Waals surface area contributed by atoms with Crippen molar-refractivity contribution in [2.24, 2.45) is 5.92 Å². The lowest BCUT2D eigenvalue weighted by Gasteiger charge is -2.20. The molecule has 0 spiro atoms. The average molecular weight is 507 g/mol. The van der Waals surface area contributed by atoms with Crippen molar-refractivity contribution in [2.75, 3.05) is 13.1 Å². The van der Waals surface area contributed by atoms with Gasteiger partial charge in [-0.3, -0.25) is 24.0 Å². The lowest BCUT2D eigenvalue weighted by molar-refractivity contribution is -0.140. The molecule has 4 amide bonds. The minimum atomic E-state index is -1.19. The van der Waals surface area contributed by atoms with Gasteiger partial charge in [-0.2, -0.15) is 0 Å².